The molecule has 0 atom stereocenters. The smallest absolute Gasteiger partial charge is 0.220 e. The molecule has 0 radical (unpaired) electrons. The Balaban J connectivity index is 2.85. The molecule has 46 valence electrons. The Morgan fingerprint density at radius 3 is 2.44 bits per heavy atom. The highest BCUT2D eigenvalue weighted by molar-refractivity contribution is 5.74. The SMILES string of the molecule is O[NH+]=Cc1ccccc1. The Kier molecular flexibility index (Phi) is 1.85. The Morgan fingerprint density at radius 1 is 1.22 bits per heavy atom. The number of hydrogen-bond acceptors (Lipinski definition) is 1. The van der Waals surface area contributed by atoms with Gasteiger partial charge in [-0.3, -0.25) is 5.21 Å². The molecule has 0 fully saturated rings. The molecule has 0 bridgehead atoms. The van der Waals surface area contributed by atoms with Crippen LogP contribution in [0.3, 0.4) is 0 Å². The highest BCUT2D eigenvalue weighted by atomic mass is 16.4. The lowest BCUT2D eigenvalue weighted by Crippen LogP contribution is -2.64. The van der Waals surface area contributed by atoms with Crippen LogP contribution in [-0.4, -0.2) is 11.4 Å². The summed E-state index contributed by atoms with van der Waals surface area (Å²) >= 11 is 0. The summed E-state index contributed by atoms with van der Waals surface area (Å²) in [5, 5.41) is 10.2. The van der Waals surface area contributed by atoms with Gasteiger partial charge in [-0.15, -0.1) is 0 Å². The lowest BCUT2D eigenvalue weighted by Gasteiger charge is -1.81. The molecule has 0 saturated carbocycles. The van der Waals surface area contributed by atoms with Gasteiger partial charge in [0.2, 0.25) is 6.21 Å². The second kappa shape index (κ2) is 2.87. The molecule has 1 rings (SSSR count). The molecule has 0 aliphatic carbocycles. The molecule has 0 aliphatic heterocycles. The highest BCUT2D eigenvalue weighted by Crippen LogP contribution is 1.90. The first-order chi connectivity index (χ1) is 4.43. The minimum atomic E-state index is 0.958. The van der Waals surface area contributed by atoms with Gasteiger partial charge in [0.1, 0.15) is 0 Å². The van der Waals surface area contributed by atoms with Crippen LogP contribution >= 0.6 is 0 Å². The third-order valence-electron chi connectivity index (χ3n) is 1.03. The molecule has 0 aromatic heterocycles. The van der Waals surface area contributed by atoms with Crippen LogP contribution in [0.1, 0.15) is 5.56 Å². The van der Waals surface area contributed by atoms with Gasteiger partial charge in [-0.05, 0) is 17.3 Å². The molecule has 1 aromatic carbocycles. The molecular formula is C7H8NO+. The van der Waals surface area contributed by atoms with Crippen LogP contribution in [0.5, 0.6) is 0 Å². The summed E-state index contributed by atoms with van der Waals surface area (Å²) in [5.74, 6) is 0. The number of rotatable bonds is 1. The Hall–Kier alpha value is -1.31. The zero-order valence-corrected chi connectivity index (χ0v) is 4.91. The van der Waals surface area contributed by atoms with Crippen LogP contribution < -0.4 is 5.16 Å². The van der Waals surface area contributed by atoms with Crippen LogP contribution in [-0.2, 0) is 0 Å². The maximum absolute atomic E-state index is 8.21. The molecule has 2 heteroatoms. The van der Waals surface area contributed by atoms with Crippen molar-refractivity contribution in [1.82, 2.24) is 0 Å². The highest BCUT2D eigenvalue weighted by Gasteiger charge is 1.84. The van der Waals surface area contributed by atoms with Crippen molar-refractivity contribution in [3.05, 3.63) is 35.9 Å². The van der Waals surface area contributed by atoms with Gasteiger partial charge in [-0.25, -0.2) is 0 Å². The average molecular weight is 122 g/mol. The fourth-order valence-electron chi connectivity index (χ4n) is 0.624. The van der Waals surface area contributed by atoms with Crippen molar-refractivity contribution in [3.63, 3.8) is 0 Å². The van der Waals surface area contributed by atoms with E-state index < -0.39 is 0 Å². The van der Waals surface area contributed by atoms with Gasteiger partial charge in [0.25, 0.3) is 0 Å². The fourth-order valence-corrected chi connectivity index (χ4v) is 0.624. The lowest BCUT2D eigenvalue weighted by molar-refractivity contribution is -0.733. The van der Waals surface area contributed by atoms with Gasteiger partial charge in [0.15, 0.2) is 0 Å². The average Bonchev–Trinajstić information content (AvgIpc) is 1.91. The monoisotopic (exact) mass is 122 g/mol. The summed E-state index contributed by atoms with van der Waals surface area (Å²) in [6, 6.07) is 9.52. The van der Waals surface area contributed by atoms with Gasteiger partial charge < -0.3 is 0 Å². The fraction of sp³-hybridized carbons (Fsp3) is 0. The summed E-state index contributed by atoms with van der Waals surface area (Å²) in [4.78, 5) is 0. The second-order valence-corrected chi connectivity index (χ2v) is 1.68. The maximum atomic E-state index is 8.21. The van der Waals surface area contributed by atoms with E-state index in [4.69, 9.17) is 5.21 Å². The summed E-state index contributed by atoms with van der Waals surface area (Å²) in [7, 11) is 0. The third kappa shape index (κ3) is 1.57. The molecule has 0 aliphatic rings. The summed E-state index contributed by atoms with van der Waals surface area (Å²) in [6.07, 6.45) is 1.51. The summed E-state index contributed by atoms with van der Waals surface area (Å²) in [5.41, 5.74) is 0.958. The molecule has 0 unspecified atom stereocenters. The van der Waals surface area contributed by atoms with E-state index >= 15 is 0 Å². The van der Waals surface area contributed by atoms with Crippen molar-refractivity contribution in [1.29, 1.82) is 0 Å². The van der Waals surface area contributed by atoms with Crippen molar-refractivity contribution in [2.24, 2.45) is 0 Å². The number of benzene rings is 1. The molecule has 0 heterocycles. The van der Waals surface area contributed by atoms with Gasteiger partial charge in [0, 0.05) is 5.56 Å². The van der Waals surface area contributed by atoms with E-state index in [9.17, 15) is 0 Å². The normalized spacial score (nSPS) is 10.2. The second-order valence-electron chi connectivity index (χ2n) is 1.68. The quantitative estimate of drug-likeness (QED) is 0.296. The molecule has 0 saturated heterocycles. The first-order valence-electron chi connectivity index (χ1n) is 2.71. The van der Waals surface area contributed by atoms with Crippen LogP contribution in [0.25, 0.3) is 0 Å². The van der Waals surface area contributed by atoms with E-state index in [1.807, 2.05) is 35.5 Å². The minimum absolute atomic E-state index is 0.958. The predicted octanol–water partition coefficient (Wildman–Crippen LogP) is -0.425. The van der Waals surface area contributed by atoms with E-state index in [0.29, 0.717) is 0 Å². The molecule has 9 heavy (non-hydrogen) atoms. The van der Waals surface area contributed by atoms with Crippen molar-refractivity contribution < 1.29 is 10.4 Å². The van der Waals surface area contributed by atoms with Crippen LogP contribution in [0, 0.1) is 0 Å². The standard InChI is InChI=1S/C7H7NO/c9-8-6-7-4-2-1-3-5-7/h1-6,9H/p+1. The molecule has 2 nitrogen and oxygen atoms in total. The van der Waals surface area contributed by atoms with Crippen molar-refractivity contribution in [2.45, 2.75) is 0 Å². The Morgan fingerprint density at radius 2 is 1.89 bits per heavy atom. The number of hydrogen-bond donors (Lipinski definition) is 2. The molecule has 1 aromatic rings. The number of nitrogens with one attached hydrogen (secondary N) is 1. The largest absolute Gasteiger partial charge is 0.293 e. The zero-order chi connectivity index (χ0) is 6.53. The van der Waals surface area contributed by atoms with E-state index in [0.717, 1.165) is 5.56 Å². The Labute approximate surface area is 53.4 Å². The van der Waals surface area contributed by atoms with Crippen molar-refractivity contribution in [2.75, 3.05) is 0 Å². The van der Waals surface area contributed by atoms with Crippen LogP contribution in [0.15, 0.2) is 30.3 Å². The first-order valence-corrected chi connectivity index (χ1v) is 2.71. The molecular weight excluding hydrogens is 114 g/mol. The molecule has 2 N–H and O–H groups in total. The van der Waals surface area contributed by atoms with Gasteiger partial charge in [0.05, 0.1) is 0 Å². The van der Waals surface area contributed by atoms with E-state index in [1.54, 1.807) is 0 Å². The van der Waals surface area contributed by atoms with Crippen molar-refractivity contribution >= 4 is 6.21 Å². The Bertz CT molecular complexity index is 193. The predicted molar refractivity (Wildman–Crippen MR) is 34.4 cm³/mol. The topological polar surface area (TPSA) is 34.2 Å². The van der Waals surface area contributed by atoms with Gasteiger partial charge in [-0.1, -0.05) is 18.2 Å². The van der Waals surface area contributed by atoms with E-state index in [-0.39, 0.29) is 0 Å². The lowest BCUT2D eigenvalue weighted by atomic mass is 10.2. The zero-order valence-electron chi connectivity index (χ0n) is 4.91. The molecule has 0 amide bonds. The minimum Gasteiger partial charge on any atom is -0.293 e. The van der Waals surface area contributed by atoms with Gasteiger partial charge >= 0.3 is 0 Å². The maximum Gasteiger partial charge on any atom is 0.220 e. The summed E-state index contributed by atoms with van der Waals surface area (Å²) < 4.78 is 0. The molecule has 0 spiro atoms. The van der Waals surface area contributed by atoms with Crippen LogP contribution in [0.2, 0.25) is 0 Å². The van der Waals surface area contributed by atoms with E-state index in [2.05, 4.69) is 0 Å². The summed E-state index contributed by atoms with van der Waals surface area (Å²) in [6.45, 7) is 0. The van der Waals surface area contributed by atoms with E-state index in [1.165, 1.54) is 6.21 Å². The third-order valence-corrected chi connectivity index (χ3v) is 1.03. The first kappa shape index (κ1) is 5.82. The van der Waals surface area contributed by atoms with Gasteiger partial charge in [-0.2, -0.15) is 0 Å². The van der Waals surface area contributed by atoms with Crippen LogP contribution in [0.4, 0.5) is 0 Å². The van der Waals surface area contributed by atoms with Crippen molar-refractivity contribution in [3.8, 4) is 0 Å².